The molecule has 198 valence electrons. The lowest BCUT2D eigenvalue weighted by atomic mass is 9.84. The highest BCUT2D eigenvalue weighted by Gasteiger charge is 2.46. The fraction of sp³-hybridized carbons (Fsp3) is 0.414. The minimum Gasteiger partial charge on any atom is -0.507 e. The van der Waals surface area contributed by atoms with Gasteiger partial charge in [-0.3, -0.25) is 14.4 Å². The zero-order valence-electron chi connectivity index (χ0n) is 22.6. The molecule has 1 saturated heterocycles. The first kappa shape index (κ1) is 27.9. The van der Waals surface area contributed by atoms with Crippen molar-refractivity contribution in [2.75, 3.05) is 33.8 Å². The number of ketones is 1. The zero-order valence-corrected chi connectivity index (χ0v) is 22.6. The maximum atomic E-state index is 13.3. The summed E-state index contributed by atoms with van der Waals surface area (Å²) in [5.74, 6) is -1.04. The van der Waals surface area contributed by atoms with E-state index in [-0.39, 0.29) is 16.7 Å². The van der Waals surface area contributed by atoms with E-state index in [0.717, 1.165) is 5.56 Å². The van der Waals surface area contributed by atoms with E-state index in [1.165, 1.54) is 11.8 Å². The highest BCUT2D eigenvalue weighted by Crippen LogP contribution is 2.41. The Balaban J connectivity index is 2.17. The SMILES string of the molecule is CCOc1ccc(/C(O)=C2/C(=O)C(=O)N(CCN(C)C)C2c2ccc(OC(C)=O)cc2)cc1C(C)(C)C. The number of benzene rings is 2. The standard InChI is InChI=1S/C29H36N2O6/c1-8-36-23-14-11-20(17-22(23)29(3,4)5)26(33)24-25(19-9-12-21(13-10-19)37-18(2)32)31(16-15-30(6)7)28(35)27(24)34/h9-14,17,25,33H,8,15-16H2,1-7H3/b26-24-. The molecule has 2 aromatic rings. The summed E-state index contributed by atoms with van der Waals surface area (Å²) in [5, 5.41) is 11.5. The highest BCUT2D eigenvalue weighted by atomic mass is 16.5. The second kappa shape index (κ2) is 11.2. The molecule has 1 amide bonds. The van der Waals surface area contributed by atoms with Crippen LogP contribution in [0, 0.1) is 0 Å². The molecule has 1 aliphatic heterocycles. The molecule has 2 aromatic carbocycles. The molecule has 1 atom stereocenters. The van der Waals surface area contributed by atoms with Gasteiger partial charge < -0.3 is 24.4 Å². The molecule has 0 spiro atoms. The molecule has 0 saturated carbocycles. The quantitative estimate of drug-likeness (QED) is 0.187. The van der Waals surface area contributed by atoms with E-state index in [9.17, 15) is 19.5 Å². The van der Waals surface area contributed by atoms with E-state index in [1.807, 2.05) is 52.8 Å². The van der Waals surface area contributed by atoms with Crippen LogP contribution in [0.3, 0.4) is 0 Å². The van der Waals surface area contributed by atoms with E-state index in [2.05, 4.69) is 0 Å². The lowest BCUT2D eigenvalue weighted by molar-refractivity contribution is -0.140. The molecule has 3 rings (SSSR count). The summed E-state index contributed by atoms with van der Waals surface area (Å²) in [6, 6.07) is 11.1. The molecular weight excluding hydrogens is 472 g/mol. The van der Waals surface area contributed by atoms with E-state index < -0.39 is 23.7 Å². The lowest BCUT2D eigenvalue weighted by Crippen LogP contribution is -2.35. The van der Waals surface area contributed by atoms with Crippen LogP contribution in [0.2, 0.25) is 0 Å². The van der Waals surface area contributed by atoms with E-state index in [0.29, 0.717) is 42.3 Å². The Morgan fingerprint density at radius 3 is 2.27 bits per heavy atom. The van der Waals surface area contributed by atoms with Gasteiger partial charge in [-0.1, -0.05) is 32.9 Å². The largest absolute Gasteiger partial charge is 0.507 e. The summed E-state index contributed by atoms with van der Waals surface area (Å²) >= 11 is 0. The number of aliphatic hydroxyl groups excluding tert-OH is 1. The number of ether oxygens (including phenoxy) is 2. The molecule has 1 N–H and O–H groups in total. The summed E-state index contributed by atoms with van der Waals surface area (Å²) in [6.07, 6.45) is 0. The van der Waals surface area contributed by atoms with Crippen molar-refractivity contribution in [2.45, 2.75) is 46.1 Å². The minimum atomic E-state index is -0.795. The number of hydrogen-bond acceptors (Lipinski definition) is 7. The Morgan fingerprint density at radius 1 is 1.08 bits per heavy atom. The number of nitrogens with zero attached hydrogens (tertiary/aromatic N) is 2. The molecule has 37 heavy (non-hydrogen) atoms. The summed E-state index contributed by atoms with van der Waals surface area (Å²) in [5.41, 5.74) is 1.67. The van der Waals surface area contributed by atoms with Crippen LogP contribution in [0.5, 0.6) is 11.5 Å². The Kier molecular flexibility index (Phi) is 8.43. The van der Waals surface area contributed by atoms with Crippen LogP contribution in [0.1, 0.15) is 57.4 Å². The Labute approximate surface area is 218 Å². The summed E-state index contributed by atoms with van der Waals surface area (Å²) in [4.78, 5) is 41.2. The number of hydrogen-bond donors (Lipinski definition) is 1. The van der Waals surface area contributed by atoms with Gasteiger partial charge in [0.15, 0.2) is 0 Å². The fourth-order valence-corrected chi connectivity index (χ4v) is 4.35. The summed E-state index contributed by atoms with van der Waals surface area (Å²) < 4.78 is 10.9. The molecule has 1 unspecified atom stereocenters. The van der Waals surface area contributed by atoms with Gasteiger partial charge in [-0.2, -0.15) is 0 Å². The van der Waals surface area contributed by atoms with Crippen LogP contribution in [0.15, 0.2) is 48.0 Å². The number of likely N-dealkylation sites (N-methyl/N-ethyl adjacent to an activating group) is 1. The van der Waals surface area contributed by atoms with Crippen LogP contribution < -0.4 is 9.47 Å². The van der Waals surface area contributed by atoms with Crippen molar-refractivity contribution in [3.05, 3.63) is 64.7 Å². The molecule has 0 bridgehead atoms. The van der Waals surface area contributed by atoms with Gasteiger partial charge in [-0.15, -0.1) is 0 Å². The number of carbonyl (C=O) groups is 3. The van der Waals surface area contributed by atoms with Gasteiger partial charge in [0, 0.05) is 31.1 Å². The van der Waals surface area contributed by atoms with Gasteiger partial charge in [-0.05, 0) is 62.3 Å². The van der Waals surface area contributed by atoms with Gasteiger partial charge in [0.2, 0.25) is 0 Å². The van der Waals surface area contributed by atoms with Crippen molar-refractivity contribution in [1.29, 1.82) is 0 Å². The molecule has 8 heteroatoms. The van der Waals surface area contributed by atoms with Crippen LogP contribution >= 0.6 is 0 Å². The second-order valence-corrected chi connectivity index (χ2v) is 10.4. The number of aliphatic hydroxyl groups is 1. The average molecular weight is 509 g/mol. The highest BCUT2D eigenvalue weighted by molar-refractivity contribution is 6.46. The number of rotatable bonds is 8. The van der Waals surface area contributed by atoms with Crippen molar-refractivity contribution >= 4 is 23.4 Å². The number of carbonyl (C=O) groups excluding carboxylic acids is 3. The third-order valence-electron chi connectivity index (χ3n) is 6.15. The maximum absolute atomic E-state index is 13.3. The Bertz CT molecular complexity index is 1210. The van der Waals surface area contributed by atoms with E-state index in [4.69, 9.17) is 9.47 Å². The molecule has 1 aliphatic rings. The average Bonchev–Trinajstić information content (AvgIpc) is 3.07. The summed E-state index contributed by atoms with van der Waals surface area (Å²) in [7, 11) is 3.76. The van der Waals surface area contributed by atoms with Gasteiger partial charge in [0.1, 0.15) is 17.3 Å². The normalized spacial score (nSPS) is 17.4. The van der Waals surface area contributed by atoms with Gasteiger partial charge in [0.05, 0.1) is 18.2 Å². The van der Waals surface area contributed by atoms with E-state index >= 15 is 0 Å². The van der Waals surface area contributed by atoms with Crippen LogP contribution in [-0.4, -0.2) is 66.4 Å². The topological polar surface area (TPSA) is 96.4 Å². The van der Waals surface area contributed by atoms with Crippen LogP contribution in [0.25, 0.3) is 5.76 Å². The molecule has 1 heterocycles. The monoisotopic (exact) mass is 508 g/mol. The van der Waals surface area contributed by atoms with Gasteiger partial charge in [0.25, 0.3) is 11.7 Å². The zero-order chi connectivity index (χ0) is 27.5. The van der Waals surface area contributed by atoms with Gasteiger partial charge >= 0.3 is 5.97 Å². The third-order valence-corrected chi connectivity index (χ3v) is 6.15. The molecule has 0 aliphatic carbocycles. The van der Waals surface area contributed by atoms with Gasteiger partial charge in [-0.25, -0.2) is 0 Å². The minimum absolute atomic E-state index is 0.0213. The first-order valence-electron chi connectivity index (χ1n) is 12.3. The fourth-order valence-electron chi connectivity index (χ4n) is 4.35. The van der Waals surface area contributed by atoms with E-state index in [1.54, 1.807) is 36.4 Å². The molecule has 1 fully saturated rings. The predicted octanol–water partition coefficient (Wildman–Crippen LogP) is 4.29. The summed E-state index contributed by atoms with van der Waals surface area (Å²) in [6.45, 7) is 10.7. The maximum Gasteiger partial charge on any atom is 0.308 e. The number of esters is 1. The molecular formula is C29H36N2O6. The third kappa shape index (κ3) is 6.20. The van der Waals surface area contributed by atoms with Crippen LogP contribution in [0.4, 0.5) is 0 Å². The van der Waals surface area contributed by atoms with Crippen LogP contribution in [-0.2, 0) is 19.8 Å². The first-order chi connectivity index (χ1) is 17.3. The number of Topliss-reactive ketones (excluding diaryl/α,β-unsaturated/α-hetero) is 1. The van der Waals surface area contributed by atoms with Crippen molar-refractivity contribution in [1.82, 2.24) is 9.80 Å². The molecule has 0 radical (unpaired) electrons. The number of likely N-dealkylation sites (tertiary alicyclic amines) is 1. The molecule has 0 aromatic heterocycles. The first-order valence-corrected chi connectivity index (χ1v) is 12.3. The lowest BCUT2D eigenvalue weighted by Gasteiger charge is -2.27. The predicted molar refractivity (Wildman–Crippen MR) is 142 cm³/mol. The Morgan fingerprint density at radius 2 is 1.73 bits per heavy atom. The smallest absolute Gasteiger partial charge is 0.308 e. The molecule has 8 nitrogen and oxygen atoms in total. The van der Waals surface area contributed by atoms with Crippen molar-refractivity contribution < 1.29 is 29.0 Å². The second-order valence-electron chi connectivity index (χ2n) is 10.4. The number of amides is 1. The van der Waals surface area contributed by atoms with Crippen molar-refractivity contribution in [3.63, 3.8) is 0 Å². The Hall–Kier alpha value is -3.65. The van der Waals surface area contributed by atoms with Crippen molar-refractivity contribution in [3.8, 4) is 11.5 Å². The van der Waals surface area contributed by atoms with Crippen molar-refractivity contribution in [2.24, 2.45) is 0 Å².